The Morgan fingerprint density at radius 1 is 0.900 bits per heavy atom. The molecular formula is C23H27N3O4+2. The number of quaternary nitrogens is 2. The predicted octanol–water partition coefficient (Wildman–Crippen LogP) is -0.927. The van der Waals surface area contributed by atoms with E-state index < -0.39 is 0 Å². The minimum Gasteiger partial charge on any atom is -0.486 e. The molecule has 156 valence electrons. The van der Waals surface area contributed by atoms with Crippen LogP contribution in [-0.4, -0.2) is 57.2 Å². The number of imide groups is 1. The van der Waals surface area contributed by atoms with E-state index in [9.17, 15) is 9.59 Å². The van der Waals surface area contributed by atoms with Crippen LogP contribution in [0.1, 0.15) is 12.0 Å². The van der Waals surface area contributed by atoms with E-state index >= 15 is 0 Å². The quantitative estimate of drug-likeness (QED) is 0.641. The third kappa shape index (κ3) is 3.66. The fourth-order valence-corrected chi connectivity index (χ4v) is 4.73. The Balaban J connectivity index is 1.24. The van der Waals surface area contributed by atoms with Gasteiger partial charge in [-0.2, -0.15) is 0 Å². The molecule has 2 fully saturated rings. The van der Waals surface area contributed by atoms with Gasteiger partial charge in [-0.1, -0.05) is 30.3 Å². The van der Waals surface area contributed by atoms with Gasteiger partial charge in [0, 0.05) is 11.6 Å². The molecule has 2 N–H and O–H groups in total. The van der Waals surface area contributed by atoms with Crippen molar-refractivity contribution in [2.24, 2.45) is 0 Å². The van der Waals surface area contributed by atoms with Gasteiger partial charge in [0.05, 0.1) is 12.1 Å². The van der Waals surface area contributed by atoms with Gasteiger partial charge in [0.15, 0.2) is 17.5 Å². The Labute approximate surface area is 175 Å². The molecule has 0 bridgehead atoms. The molecule has 3 aliphatic heterocycles. The largest absolute Gasteiger partial charge is 0.486 e. The topological polar surface area (TPSA) is 64.7 Å². The van der Waals surface area contributed by atoms with Crippen LogP contribution in [0.15, 0.2) is 48.5 Å². The van der Waals surface area contributed by atoms with Crippen LogP contribution in [0.2, 0.25) is 0 Å². The second kappa shape index (κ2) is 8.08. The molecule has 1 atom stereocenters. The maximum absolute atomic E-state index is 13.2. The first kappa shape index (κ1) is 19.1. The maximum Gasteiger partial charge on any atom is 0.292 e. The van der Waals surface area contributed by atoms with Crippen molar-refractivity contribution in [3.8, 4) is 11.5 Å². The van der Waals surface area contributed by atoms with Crippen molar-refractivity contribution in [3.63, 3.8) is 0 Å². The van der Waals surface area contributed by atoms with Crippen LogP contribution in [0.25, 0.3) is 0 Å². The van der Waals surface area contributed by atoms with Gasteiger partial charge in [-0.15, -0.1) is 0 Å². The highest BCUT2D eigenvalue weighted by Crippen LogP contribution is 2.35. The summed E-state index contributed by atoms with van der Waals surface area (Å²) in [6.45, 7) is 5.81. The molecule has 0 saturated carbocycles. The van der Waals surface area contributed by atoms with Crippen LogP contribution in [-0.2, 0) is 16.1 Å². The Hall–Kier alpha value is -2.90. The van der Waals surface area contributed by atoms with Gasteiger partial charge in [-0.25, -0.2) is 4.90 Å². The smallest absolute Gasteiger partial charge is 0.292 e. The standard InChI is InChI=1S/C23H25N3O4/c27-22-15-19(25-10-8-24(9-11-25)16-17-4-2-1-3-5-17)23(28)26(22)18-6-7-20-21(14-18)30-13-12-29-20/h1-7,14,19H,8-13,15-16H2/p+2. The summed E-state index contributed by atoms with van der Waals surface area (Å²) in [4.78, 5) is 30.0. The van der Waals surface area contributed by atoms with Gasteiger partial charge >= 0.3 is 0 Å². The number of piperazine rings is 1. The van der Waals surface area contributed by atoms with Crippen LogP contribution >= 0.6 is 0 Å². The third-order valence-corrected chi connectivity index (χ3v) is 6.32. The summed E-state index contributed by atoms with van der Waals surface area (Å²) in [5.41, 5.74) is 1.91. The second-order valence-electron chi connectivity index (χ2n) is 8.22. The summed E-state index contributed by atoms with van der Waals surface area (Å²) < 4.78 is 11.2. The molecule has 0 aliphatic carbocycles. The molecule has 0 spiro atoms. The zero-order chi connectivity index (χ0) is 20.5. The predicted molar refractivity (Wildman–Crippen MR) is 110 cm³/mol. The molecule has 1 unspecified atom stereocenters. The molecule has 7 heteroatoms. The Kier molecular flexibility index (Phi) is 5.14. The van der Waals surface area contributed by atoms with E-state index in [0.717, 1.165) is 32.7 Å². The summed E-state index contributed by atoms with van der Waals surface area (Å²) in [5.74, 6) is 1.02. The Bertz CT molecular complexity index is 941. The fourth-order valence-electron chi connectivity index (χ4n) is 4.73. The highest BCUT2D eigenvalue weighted by molar-refractivity contribution is 6.22. The van der Waals surface area contributed by atoms with Gasteiger partial charge in [0.25, 0.3) is 5.91 Å². The van der Waals surface area contributed by atoms with Crippen LogP contribution in [0.5, 0.6) is 11.5 Å². The number of amides is 2. The normalized spacial score (nSPS) is 26.1. The molecule has 2 amide bonds. The van der Waals surface area contributed by atoms with Crippen molar-refractivity contribution in [1.29, 1.82) is 0 Å². The number of rotatable bonds is 4. The van der Waals surface area contributed by atoms with Crippen molar-refractivity contribution in [2.75, 3.05) is 44.3 Å². The number of anilines is 1. The number of hydrogen-bond donors (Lipinski definition) is 2. The van der Waals surface area contributed by atoms with Gasteiger partial charge in [0.2, 0.25) is 5.91 Å². The van der Waals surface area contributed by atoms with E-state index in [2.05, 4.69) is 24.3 Å². The van der Waals surface area contributed by atoms with Crippen LogP contribution in [0.3, 0.4) is 0 Å². The minimum atomic E-state index is -0.288. The van der Waals surface area contributed by atoms with Gasteiger partial charge in [-0.3, -0.25) is 9.59 Å². The zero-order valence-corrected chi connectivity index (χ0v) is 16.9. The fraction of sp³-hybridized carbons (Fsp3) is 0.391. The lowest BCUT2D eigenvalue weighted by Crippen LogP contribution is -3.29. The SMILES string of the molecule is O=C1CC([NH+]2CC[NH+](Cc3ccccc3)CC2)C(=O)N1c1ccc2c(c1)OCCO2. The van der Waals surface area contributed by atoms with E-state index in [-0.39, 0.29) is 24.3 Å². The molecule has 2 aromatic carbocycles. The molecule has 3 aliphatic rings. The maximum atomic E-state index is 13.2. The highest BCUT2D eigenvalue weighted by Gasteiger charge is 2.47. The molecule has 3 heterocycles. The minimum absolute atomic E-state index is 0.0989. The van der Waals surface area contributed by atoms with E-state index in [1.807, 2.05) is 6.07 Å². The highest BCUT2D eigenvalue weighted by atomic mass is 16.6. The summed E-state index contributed by atoms with van der Waals surface area (Å²) in [7, 11) is 0. The number of nitrogens with one attached hydrogen (secondary N) is 2. The Morgan fingerprint density at radius 2 is 1.63 bits per heavy atom. The average Bonchev–Trinajstić information content (AvgIpc) is 3.08. The third-order valence-electron chi connectivity index (χ3n) is 6.32. The molecule has 0 aromatic heterocycles. The summed E-state index contributed by atoms with van der Waals surface area (Å²) in [6, 6.07) is 15.5. The number of carbonyl (C=O) groups is 2. The van der Waals surface area contributed by atoms with E-state index in [1.165, 1.54) is 20.3 Å². The van der Waals surface area contributed by atoms with Gasteiger partial charge < -0.3 is 19.3 Å². The number of fused-ring (bicyclic) bond motifs is 1. The molecule has 5 rings (SSSR count). The average molecular weight is 409 g/mol. The van der Waals surface area contributed by atoms with E-state index in [0.29, 0.717) is 30.4 Å². The molecule has 2 saturated heterocycles. The van der Waals surface area contributed by atoms with E-state index in [1.54, 1.807) is 18.2 Å². The molecule has 2 aromatic rings. The number of hydrogen-bond acceptors (Lipinski definition) is 4. The van der Waals surface area contributed by atoms with Crippen molar-refractivity contribution >= 4 is 17.5 Å². The van der Waals surface area contributed by atoms with Crippen LogP contribution < -0.4 is 24.2 Å². The van der Waals surface area contributed by atoms with Crippen LogP contribution in [0, 0.1) is 0 Å². The lowest BCUT2D eigenvalue weighted by atomic mass is 10.1. The first-order valence-electron chi connectivity index (χ1n) is 10.7. The van der Waals surface area contributed by atoms with Crippen LogP contribution in [0.4, 0.5) is 5.69 Å². The summed E-state index contributed by atoms with van der Waals surface area (Å²) in [5, 5.41) is 0. The van der Waals surface area contributed by atoms with Crippen molar-refractivity contribution in [3.05, 3.63) is 54.1 Å². The molecule has 0 radical (unpaired) electrons. The van der Waals surface area contributed by atoms with Crippen molar-refractivity contribution in [1.82, 2.24) is 0 Å². The lowest BCUT2D eigenvalue weighted by molar-refractivity contribution is -1.02. The summed E-state index contributed by atoms with van der Waals surface area (Å²) >= 11 is 0. The first-order chi connectivity index (χ1) is 14.7. The number of ether oxygens (including phenoxy) is 2. The molecular weight excluding hydrogens is 382 g/mol. The first-order valence-corrected chi connectivity index (χ1v) is 10.7. The van der Waals surface area contributed by atoms with Gasteiger partial charge in [-0.05, 0) is 12.1 Å². The number of nitrogens with zero attached hydrogens (tertiary/aromatic N) is 1. The molecule has 7 nitrogen and oxygen atoms in total. The van der Waals surface area contributed by atoms with E-state index in [4.69, 9.17) is 9.47 Å². The van der Waals surface area contributed by atoms with Crippen molar-refractivity contribution < 1.29 is 28.9 Å². The zero-order valence-electron chi connectivity index (χ0n) is 16.9. The number of benzene rings is 2. The monoisotopic (exact) mass is 409 g/mol. The number of carbonyl (C=O) groups excluding carboxylic acids is 2. The molecule has 30 heavy (non-hydrogen) atoms. The lowest BCUT2D eigenvalue weighted by Gasteiger charge is -2.32. The van der Waals surface area contributed by atoms with Crippen molar-refractivity contribution in [2.45, 2.75) is 19.0 Å². The Morgan fingerprint density at radius 3 is 2.40 bits per heavy atom. The summed E-state index contributed by atoms with van der Waals surface area (Å²) in [6.07, 6.45) is 0.274. The second-order valence-corrected chi connectivity index (χ2v) is 8.22. The van der Waals surface area contributed by atoms with Gasteiger partial charge in [0.1, 0.15) is 45.9 Å².